The van der Waals surface area contributed by atoms with Crippen molar-refractivity contribution in [2.24, 2.45) is 0 Å². The van der Waals surface area contributed by atoms with E-state index in [1.165, 1.54) is 0 Å². The lowest BCUT2D eigenvalue weighted by Gasteiger charge is -2.12. The maximum atomic E-state index is 9.38. The number of rotatable bonds is 6. The van der Waals surface area contributed by atoms with Gasteiger partial charge in [-0.1, -0.05) is 6.92 Å². The summed E-state index contributed by atoms with van der Waals surface area (Å²) in [4.78, 5) is 9.07. The van der Waals surface area contributed by atoms with Crippen molar-refractivity contribution in [3.8, 4) is 17.1 Å². The molecule has 2 rings (SSSR count). The van der Waals surface area contributed by atoms with Gasteiger partial charge in [0.15, 0.2) is 5.82 Å². The first kappa shape index (κ1) is 15.7. The van der Waals surface area contributed by atoms with E-state index in [0.29, 0.717) is 12.4 Å². The molecule has 0 fully saturated rings. The van der Waals surface area contributed by atoms with E-state index in [9.17, 15) is 5.11 Å². The second kappa shape index (κ2) is 7.38. The molecule has 112 valence electrons. The zero-order valence-electron chi connectivity index (χ0n) is 12.1. The fraction of sp³-hybridized carbons (Fsp3) is 0.333. The fourth-order valence-corrected chi connectivity index (χ4v) is 2.26. The molecule has 1 aromatic heterocycles. The molecule has 5 nitrogen and oxygen atoms in total. The number of phenolic OH excluding ortho intramolecular Hbond substituents is 1. The van der Waals surface area contributed by atoms with Crippen molar-refractivity contribution >= 4 is 21.7 Å². The monoisotopic (exact) mass is 351 g/mol. The Kier molecular flexibility index (Phi) is 5.52. The molecule has 0 radical (unpaired) electrons. The van der Waals surface area contributed by atoms with Crippen LogP contribution in [0.3, 0.4) is 0 Å². The van der Waals surface area contributed by atoms with Crippen molar-refractivity contribution < 1.29 is 9.84 Å². The van der Waals surface area contributed by atoms with Crippen LogP contribution in [0.15, 0.2) is 28.7 Å². The highest BCUT2D eigenvalue weighted by Crippen LogP contribution is 2.28. The minimum absolute atomic E-state index is 0.220. The second-order valence-electron chi connectivity index (χ2n) is 4.56. The van der Waals surface area contributed by atoms with E-state index in [1.54, 1.807) is 31.4 Å². The minimum Gasteiger partial charge on any atom is -0.508 e. The molecule has 0 amide bonds. The Morgan fingerprint density at radius 3 is 2.57 bits per heavy atom. The Morgan fingerprint density at radius 1 is 1.24 bits per heavy atom. The third kappa shape index (κ3) is 3.92. The fourth-order valence-electron chi connectivity index (χ4n) is 1.83. The summed E-state index contributed by atoms with van der Waals surface area (Å²) in [6, 6.07) is 6.82. The Bertz CT molecular complexity index is 603. The van der Waals surface area contributed by atoms with Gasteiger partial charge < -0.3 is 15.2 Å². The Balaban J connectivity index is 2.44. The van der Waals surface area contributed by atoms with Crippen LogP contribution in [0.5, 0.6) is 5.75 Å². The van der Waals surface area contributed by atoms with Gasteiger partial charge in [0.2, 0.25) is 0 Å². The summed E-state index contributed by atoms with van der Waals surface area (Å²) in [5, 5.41) is 12.7. The number of anilines is 1. The number of hydrogen-bond acceptors (Lipinski definition) is 5. The van der Waals surface area contributed by atoms with Gasteiger partial charge in [0.1, 0.15) is 11.6 Å². The van der Waals surface area contributed by atoms with Gasteiger partial charge in [0.05, 0.1) is 16.8 Å². The van der Waals surface area contributed by atoms with E-state index >= 15 is 0 Å². The van der Waals surface area contributed by atoms with E-state index in [0.717, 1.165) is 34.5 Å². The van der Waals surface area contributed by atoms with Crippen LogP contribution in [0.25, 0.3) is 11.4 Å². The standard InChI is InChI=1S/C15H18BrN3O2/c1-3-8-17-15-13(16)12(9-21-2)18-14(19-15)10-4-6-11(20)7-5-10/h4-7,20H,3,8-9H2,1-2H3,(H,17,18,19). The van der Waals surface area contributed by atoms with Crippen LogP contribution in [-0.4, -0.2) is 28.7 Å². The first-order valence-corrected chi connectivity index (χ1v) is 7.53. The number of hydrogen-bond donors (Lipinski definition) is 2. The summed E-state index contributed by atoms with van der Waals surface area (Å²) in [5.74, 6) is 1.57. The lowest BCUT2D eigenvalue weighted by atomic mass is 10.2. The number of halogens is 1. The molecule has 0 aliphatic heterocycles. The molecular formula is C15H18BrN3O2. The molecule has 2 N–H and O–H groups in total. The average Bonchev–Trinajstić information content (AvgIpc) is 2.49. The Labute approximate surface area is 132 Å². The van der Waals surface area contributed by atoms with Crippen LogP contribution in [0.1, 0.15) is 19.0 Å². The van der Waals surface area contributed by atoms with Gasteiger partial charge in [-0.2, -0.15) is 0 Å². The topological polar surface area (TPSA) is 67.3 Å². The molecule has 0 saturated heterocycles. The van der Waals surface area contributed by atoms with E-state index < -0.39 is 0 Å². The maximum absolute atomic E-state index is 9.38. The molecule has 21 heavy (non-hydrogen) atoms. The number of ether oxygens (including phenoxy) is 1. The number of nitrogens with one attached hydrogen (secondary N) is 1. The summed E-state index contributed by atoms with van der Waals surface area (Å²) < 4.78 is 6.01. The SMILES string of the molecule is CCCNc1nc(-c2ccc(O)cc2)nc(COC)c1Br. The van der Waals surface area contributed by atoms with Crippen LogP contribution in [0.4, 0.5) is 5.82 Å². The molecule has 0 saturated carbocycles. The van der Waals surface area contributed by atoms with Gasteiger partial charge in [0.25, 0.3) is 0 Å². The second-order valence-corrected chi connectivity index (χ2v) is 5.36. The number of phenols is 1. The number of benzene rings is 1. The molecule has 0 spiro atoms. The van der Waals surface area contributed by atoms with Crippen LogP contribution in [-0.2, 0) is 11.3 Å². The van der Waals surface area contributed by atoms with Gasteiger partial charge in [-0.3, -0.25) is 0 Å². The average molecular weight is 352 g/mol. The third-order valence-corrected chi connectivity index (χ3v) is 3.70. The van der Waals surface area contributed by atoms with Crippen molar-refractivity contribution in [1.29, 1.82) is 0 Å². The highest BCUT2D eigenvalue weighted by molar-refractivity contribution is 9.10. The Morgan fingerprint density at radius 2 is 1.95 bits per heavy atom. The first-order chi connectivity index (χ1) is 10.2. The summed E-state index contributed by atoms with van der Waals surface area (Å²) >= 11 is 3.52. The lowest BCUT2D eigenvalue weighted by molar-refractivity contribution is 0.181. The molecular weight excluding hydrogens is 334 g/mol. The predicted octanol–water partition coefficient (Wildman–Crippen LogP) is 3.58. The lowest BCUT2D eigenvalue weighted by Crippen LogP contribution is -2.08. The molecule has 0 aliphatic rings. The molecule has 6 heteroatoms. The highest BCUT2D eigenvalue weighted by atomic mass is 79.9. The summed E-state index contributed by atoms with van der Waals surface area (Å²) in [7, 11) is 1.63. The van der Waals surface area contributed by atoms with Crippen LogP contribution in [0, 0.1) is 0 Å². The van der Waals surface area contributed by atoms with E-state index in [4.69, 9.17) is 4.74 Å². The first-order valence-electron chi connectivity index (χ1n) is 6.74. The molecule has 0 atom stereocenters. The van der Waals surface area contributed by atoms with Gasteiger partial charge in [-0.25, -0.2) is 9.97 Å². The minimum atomic E-state index is 0.220. The summed E-state index contributed by atoms with van der Waals surface area (Å²) in [5.41, 5.74) is 1.63. The van der Waals surface area contributed by atoms with E-state index in [-0.39, 0.29) is 5.75 Å². The van der Waals surface area contributed by atoms with Gasteiger partial charge in [-0.05, 0) is 46.6 Å². The number of aromatic hydroxyl groups is 1. The smallest absolute Gasteiger partial charge is 0.161 e. The molecule has 0 bridgehead atoms. The van der Waals surface area contributed by atoms with Crippen molar-refractivity contribution in [2.75, 3.05) is 19.0 Å². The van der Waals surface area contributed by atoms with Crippen LogP contribution < -0.4 is 5.32 Å². The maximum Gasteiger partial charge on any atom is 0.161 e. The van der Waals surface area contributed by atoms with Crippen LogP contribution in [0.2, 0.25) is 0 Å². The predicted molar refractivity (Wildman–Crippen MR) is 86.3 cm³/mol. The van der Waals surface area contributed by atoms with Crippen molar-refractivity contribution in [3.63, 3.8) is 0 Å². The summed E-state index contributed by atoms with van der Waals surface area (Å²) in [6.45, 7) is 3.32. The van der Waals surface area contributed by atoms with Gasteiger partial charge in [-0.15, -0.1) is 0 Å². The van der Waals surface area contributed by atoms with Crippen LogP contribution >= 0.6 is 15.9 Å². The highest BCUT2D eigenvalue weighted by Gasteiger charge is 2.13. The van der Waals surface area contributed by atoms with Crippen molar-refractivity contribution in [1.82, 2.24) is 9.97 Å². The number of methoxy groups -OCH3 is 1. The zero-order valence-corrected chi connectivity index (χ0v) is 13.6. The normalized spacial score (nSPS) is 10.6. The quantitative estimate of drug-likeness (QED) is 0.832. The van der Waals surface area contributed by atoms with Gasteiger partial charge >= 0.3 is 0 Å². The Hall–Kier alpha value is -1.66. The molecule has 0 aliphatic carbocycles. The number of nitrogens with zero attached hydrogens (tertiary/aromatic N) is 2. The van der Waals surface area contributed by atoms with Gasteiger partial charge in [0, 0.05) is 19.2 Å². The van der Waals surface area contributed by atoms with Crippen molar-refractivity contribution in [2.45, 2.75) is 20.0 Å². The molecule has 2 aromatic rings. The molecule has 1 aromatic carbocycles. The summed E-state index contributed by atoms with van der Waals surface area (Å²) in [6.07, 6.45) is 1.00. The number of aromatic nitrogens is 2. The zero-order chi connectivity index (χ0) is 15.2. The van der Waals surface area contributed by atoms with E-state index in [2.05, 4.69) is 38.1 Å². The largest absolute Gasteiger partial charge is 0.508 e. The third-order valence-electron chi connectivity index (χ3n) is 2.87. The molecule has 0 unspecified atom stereocenters. The molecule has 1 heterocycles. The van der Waals surface area contributed by atoms with Crippen molar-refractivity contribution in [3.05, 3.63) is 34.4 Å². The van der Waals surface area contributed by atoms with E-state index in [1.807, 2.05) is 0 Å².